The fraction of sp³-hybridized carbons (Fsp3) is 0.545. The van der Waals surface area contributed by atoms with Crippen LogP contribution in [0.3, 0.4) is 0 Å². The zero-order valence-electron chi connectivity index (χ0n) is 7.80. The van der Waals surface area contributed by atoms with Crippen molar-refractivity contribution in [2.45, 2.75) is 33.1 Å². The van der Waals surface area contributed by atoms with Crippen LogP contribution in [0.25, 0.3) is 0 Å². The van der Waals surface area contributed by atoms with Crippen LogP contribution in [0.1, 0.15) is 33.1 Å². The molecule has 2 rings (SSSR count). The molecule has 0 spiro atoms. The first-order valence-corrected chi connectivity index (χ1v) is 4.71. The number of hydrogen-bond donors (Lipinski definition) is 0. The van der Waals surface area contributed by atoms with Gasteiger partial charge in [-0.2, -0.15) is 0 Å². The largest absolute Gasteiger partial charge is 0.258 e. The smallest absolute Gasteiger partial charge is 0.0438 e. The highest BCUT2D eigenvalue weighted by molar-refractivity contribution is 6.02. The van der Waals surface area contributed by atoms with Gasteiger partial charge in [0, 0.05) is 11.4 Å². The van der Waals surface area contributed by atoms with Crippen molar-refractivity contribution in [3.8, 4) is 0 Å². The summed E-state index contributed by atoms with van der Waals surface area (Å²) in [5, 5.41) is 0. The van der Waals surface area contributed by atoms with E-state index in [1.165, 1.54) is 29.8 Å². The maximum atomic E-state index is 4.55. The maximum Gasteiger partial charge on any atom is 0.0438 e. The Morgan fingerprint density at radius 1 is 1.50 bits per heavy atom. The molecular formula is C11H15N. The molecule has 0 aromatic carbocycles. The molecule has 64 valence electrons. The monoisotopic (exact) mass is 161 g/mol. The Morgan fingerprint density at radius 3 is 3.17 bits per heavy atom. The second-order valence-corrected chi connectivity index (χ2v) is 3.82. The third kappa shape index (κ3) is 1.36. The Morgan fingerprint density at radius 2 is 2.33 bits per heavy atom. The van der Waals surface area contributed by atoms with Crippen LogP contribution >= 0.6 is 0 Å². The average molecular weight is 161 g/mol. The molecule has 1 aliphatic carbocycles. The molecule has 0 aromatic heterocycles. The van der Waals surface area contributed by atoms with Gasteiger partial charge < -0.3 is 0 Å². The highest BCUT2D eigenvalue weighted by Gasteiger charge is 2.17. The van der Waals surface area contributed by atoms with Crippen molar-refractivity contribution in [3.05, 3.63) is 23.4 Å². The Labute approximate surface area is 73.9 Å². The van der Waals surface area contributed by atoms with E-state index in [2.05, 4.69) is 31.0 Å². The van der Waals surface area contributed by atoms with Crippen LogP contribution in [0.4, 0.5) is 0 Å². The van der Waals surface area contributed by atoms with E-state index in [4.69, 9.17) is 0 Å². The first kappa shape index (κ1) is 7.78. The van der Waals surface area contributed by atoms with Gasteiger partial charge in [-0.3, -0.25) is 4.99 Å². The summed E-state index contributed by atoms with van der Waals surface area (Å²) in [4.78, 5) is 4.55. The quantitative estimate of drug-likeness (QED) is 0.517. The highest BCUT2D eigenvalue weighted by Crippen LogP contribution is 2.27. The van der Waals surface area contributed by atoms with Gasteiger partial charge in [-0.1, -0.05) is 19.1 Å². The zero-order valence-corrected chi connectivity index (χ0v) is 7.80. The van der Waals surface area contributed by atoms with Crippen molar-refractivity contribution in [2.24, 2.45) is 10.9 Å². The summed E-state index contributed by atoms with van der Waals surface area (Å²) in [5.41, 5.74) is 4.00. The molecule has 2 aliphatic rings. The molecule has 1 heteroatoms. The zero-order chi connectivity index (χ0) is 8.55. The Kier molecular flexibility index (Phi) is 1.87. The topological polar surface area (TPSA) is 12.4 Å². The third-order valence-electron chi connectivity index (χ3n) is 2.62. The first-order valence-electron chi connectivity index (χ1n) is 4.71. The number of fused-ring (bicyclic) bond motifs is 1. The molecule has 0 aromatic rings. The normalized spacial score (nSPS) is 28.5. The van der Waals surface area contributed by atoms with Crippen molar-refractivity contribution in [1.82, 2.24) is 0 Å². The van der Waals surface area contributed by atoms with Gasteiger partial charge in [0.05, 0.1) is 0 Å². The lowest BCUT2D eigenvalue weighted by molar-refractivity contribution is 0.648. The lowest BCUT2D eigenvalue weighted by Gasteiger charge is -2.22. The maximum absolute atomic E-state index is 4.55. The molecule has 1 unspecified atom stereocenters. The van der Waals surface area contributed by atoms with E-state index in [-0.39, 0.29) is 0 Å². The highest BCUT2D eigenvalue weighted by atomic mass is 14.8. The summed E-state index contributed by atoms with van der Waals surface area (Å²) >= 11 is 0. The summed E-state index contributed by atoms with van der Waals surface area (Å²) in [6.45, 7) is 4.37. The molecule has 1 atom stereocenters. The number of allylic oxidation sites excluding steroid dienone is 4. The van der Waals surface area contributed by atoms with Gasteiger partial charge >= 0.3 is 0 Å². The fourth-order valence-electron chi connectivity index (χ4n) is 1.88. The minimum atomic E-state index is 0.755. The Hall–Kier alpha value is -0.850. The predicted molar refractivity (Wildman–Crippen MR) is 52.3 cm³/mol. The summed E-state index contributed by atoms with van der Waals surface area (Å²) in [5.74, 6) is 0.755. The predicted octanol–water partition coefficient (Wildman–Crippen LogP) is 3.09. The van der Waals surface area contributed by atoms with Crippen LogP contribution in [-0.4, -0.2) is 5.71 Å². The minimum absolute atomic E-state index is 0.755. The lowest BCUT2D eigenvalue weighted by atomic mass is 9.87. The Balaban J connectivity index is 2.30. The number of aliphatic imine (C=N–C) groups is 1. The van der Waals surface area contributed by atoms with Gasteiger partial charge in [0.2, 0.25) is 0 Å². The molecule has 0 bridgehead atoms. The van der Waals surface area contributed by atoms with Crippen molar-refractivity contribution >= 4 is 5.71 Å². The van der Waals surface area contributed by atoms with Crippen LogP contribution in [0, 0.1) is 5.92 Å². The van der Waals surface area contributed by atoms with E-state index in [0.29, 0.717) is 0 Å². The molecular weight excluding hydrogens is 146 g/mol. The summed E-state index contributed by atoms with van der Waals surface area (Å²) in [6.07, 6.45) is 8.15. The van der Waals surface area contributed by atoms with E-state index in [1.54, 1.807) is 0 Å². The van der Waals surface area contributed by atoms with Crippen molar-refractivity contribution in [3.63, 3.8) is 0 Å². The summed E-state index contributed by atoms with van der Waals surface area (Å²) < 4.78 is 0. The molecule has 1 heterocycles. The van der Waals surface area contributed by atoms with Crippen molar-refractivity contribution in [2.75, 3.05) is 0 Å². The third-order valence-corrected chi connectivity index (χ3v) is 2.62. The molecule has 0 saturated heterocycles. The van der Waals surface area contributed by atoms with E-state index < -0.39 is 0 Å². The second-order valence-electron chi connectivity index (χ2n) is 3.82. The number of rotatable bonds is 0. The summed E-state index contributed by atoms with van der Waals surface area (Å²) in [7, 11) is 0. The Bertz CT molecular complexity index is 281. The van der Waals surface area contributed by atoms with E-state index in [1.807, 2.05) is 0 Å². The SMILES string of the molecule is CC1=CCC2=CC(C)CCC2=N1. The van der Waals surface area contributed by atoms with Gasteiger partial charge in [-0.05, 0) is 37.7 Å². The first-order chi connectivity index (χ1) is 5.75. The molecule has 0 radical (unpaired) electrons. The second kappa shape index (κ2) is 2.89. The minimum Gasteiger partial charge on any atom is -0.258 e. The molecule has 0 saturated carbocycles. The van der Waals surface area contributed by atoms with Gasteiger partial charge in [0.15, 0.2) is 0 Å². The van der Waals surface area contributed by atoms with E-state index >= 15 is 0 Å². The van der Waals surface area contributed by atoms with Crippen LogP contribution in [0.2, 0.25) is 0 Å². The average Bonchev–Trinajstić information content (AvgIpc) is 2.05. The van der Waals surface area contributed by atoms with Crippen LogP contribution in [-0.2, 0) is 0 Å². The molecule has 1 nitrogen and oxygen atoms in total. The molecule has 0 fully saturated rings. The molecule has 0 N–H and O–H groups in total. The number of nitrogens with zero attached hydrogens (tertiary/aromatic N) is 1. The van der Waals surface area contributed by atoms with Gasteiger partial charge in [-0.15, -0.1) is 0 Å². The van der Waals surface area contributed by atoms with E-state index in [9.17, 15) is 0 Å². The number of hydrogen-bond acceptors (Lipinski definition) is 1. The van der Waals surface area contributed by atoms with Gasteiger partial charge in [-0.25, -0.2) is 0 Å². The van der Waals surface area contributed by atoms with Crippen molar-refractivity contribution < 1.29 is 0 Å². The van der Waals surface area contributed by atoms with Gasteiger partial charge in [0.25, 0.3) is 0 Å². The summed E-state index contributed by atoms with van der Waals surface area (Å²) in [6, 6.07) is 0. The van der Waals surface area contributed by atoms with E-state index in [0.717, 1.165) is 12.3 Å². The van der Waals surface area contributed by atoms with Gasteiger partial charge in [0.1, 0.15) is 0 Å². The lowest BCUT2D eigenvalue weighted by Crippen LogP contribution is -2.14. The van der Waals surface area contributed by atoms with Crippen molar-refractivity contribution in [1.29, 1.82) is 0 Å². The fourth-order valence-corrected chi connectivity index (χ4v) is 1.88. The van der Waals surface area contributed by atoms with Crippen LogP contribution in [0.5, 0.6) is 0 Å². The molecule has 12 heavy (non-hydrogen) atoms. The van der Waals surface area contributed by atoms with Crippen LogP contribution < -0.4 is 0 Å². The standard InChI is InChI=1S/C11H15N/c1-8-3-6-11-10(7-8)5-4-9(2)12-11/h4,7-8H,3,5-6H2,1-2H3. The van der Waals surface area contributed by atoms with Crippen LogP contribution in [0.15, 0.2) is 28.4 Å². The molecule has 1 aliphatic heterocycles. The molecule has 0 amide bonds.